The lowest BCUT2D eigenvalue weighted by molar-refractivity contribution is -0.121. The summed E-state index contributed by atoms with van der Waals surface area (Å²) in [5, 5.41) is 16.1. The minimum atomic E-state index is -0.229. The Balaban J connectivity index is 1.66. The van der Waals surface area contributed by atoms with E-state index in [4.69, 9.17) is 32.7 Å². The third-order valence-electron chi connectivity index (χ3n) is 6.45. The molecule has 8 heteroatoms. The Labute approximate surface area is 247 Å². The van der Waals surface area contributed by atoms with Crippen molar-refractivity contribution in [3.05, 3.63) is 86.4 Å². The molecule has 0 saturated carbocycles. The second-order valence-corrected chi connectivity index (χ2v) is 12.5. The lowest BCUT2D eigenvalue weighted by Gasteiger charge is -2.28. The summed E-state index contributed by atoms with van der Waals surface area (Å²) in [6.45, 7) is 12.6. The van der Waals surface area contributed by atoms with Gasteiger partial charge in [-0.25, -0.2) is 5.43 Å². The van der Waals surface area contributed by atoms with Crippen molar-refractivity contribution in [2.75, 3.05) is 7.11 Å². The van der Waals surface area contributed by atoms with Gasteiger partial charge in [0.15, 0.2) is 11.5 Å². The highest BCUT2D eigenvalue weighted by Crippen LogP contribution is 2.40. The van der Waals surface area contributed by atoms with E-state index in [1.807, 2.05) is 18.2 Å². The van der Waals surface area contributed by atoms with Crippen molar-refractivity contribution in [2.24, 2.45) is 5.10 Å². The number of ether oxygens (including phenoxy) is 2. The van der Waals surface area contributed by atoms with E-state index in [1.54, 1.807) is 43.7 Å². The van der Waals surface area contributed by atoms with Crippen LogP contribution in [0.1, 0.15) is 75.8 Å². The van der Waals surface area contributed by atoms with Crippen LogP contribution in [0.2, 0.25) is 10.0 Å². The van der Waals surface area contributed by atoms with Crippen LogP contribution in [-0.2, 0) is 28.7 Å². The molecule has 6 nitrogen and oxygen atoms in total. The van der Waals surface area contributed by atoms with Crippen LogP contribution in [-0.4, -0.2) is 24.3 Å². The monoisotopic (exact) mass is 584 g/mol. The summed E-state index contributed by atoms with van der Waals surface area (Å²) in [6, 6.07) is 14.6. The minimum absolute atomic E-state index is 0.164. The lowest BCUT2D eigenvalue weighted by atomic mass is 9.78. The van der Waals surface area contributed by atoms with E-state index in [9.17, 15) is 9.90 Å². The van der Waals surface area contributed by atoms with Crippen molar-refractivity contribution in [1.82, 2.24) is 5.43 Å². The Morgan fingerprint density at radius 2 is 1.55 bits per heavy atom. The summed E-state index contributed by atoms with van der Waals surface area (Å²) in [5.74, 6) is 1.15. The molecule has 3 rings (SSSR count). The highest BCUT2D eigenvalue weighted by Gasteiger charge is 2.26. The number of aryl methyl sites for hydroxylation is 1. The predicted octanol–water partition coefficient (Wildman–Crippen LogP) is 7.96. The summed E-state index contributed by atoms with van der Waals surface area (Å²) in [5.41, 5.74) is 6.29. The van der Waals surface area contributed by atoms with Crippen LogP contribution >= 0.6 is 23.2 Å². The zero-order valence-electron chi connectivity index (χ0n) is 24.2. The topological polar surface area (TPSA) is 80.2 Å². The van der Waals surface area contributed by atoms with Gasteiger partial charge in [0.05, 0.1) is 13.3 Å². The summed E-state index contributed by atoms with van der Waals surface area (Å²) < 4.78 is 11.4. The number of hydrogen-bond acceptors (Lipinski definition) is 5. The third kappa shape index (κ3) is 8.15. The molecule has 0 aromatic heterocycles. The smallest absolute Gasteiger partial charge is 0.240 e. The fourth-order valence-electron chi connectivity index (χ4n) is 4.18. The molecule has 0 aliphatic rings. The van der Waals surface area contributed by atoms with Gasteiger partial charge < -0.3 is 14.6 Å². The van der Waals surface area contributed by atoms with Crippen molar-refractivity contribution in [3.8, 4) is 17.2 Å². The number of halogens is 2. The van der Waals surface area contributed by atoms with Crippen molar-refractivity contribution in [1.29, 1.82) is 0 Å². The van der Waals surface area contributed by atoms with Gasteiger partial charge in [-0.2, -0.15) is 5.10 Å². The van der Waals surface area contributed by atoms with E-state index in [0.717, 1.165) is 16.7 Å². The normalized spacial score (nSPS) is 12.0. The van der Waals surface area contributed by atoms with Gasteiger partial charge in [-0.15, -0.1) is 0 Å². The number of nitrogens with one attached hydrogen (secondary N) is 1. The highest BCUT2D eigenvalue weighted by molar-refractivity contribution is 6.35. The maximum Gasteiger partial charge on any atom is 0.240 e. The van der Waals surface area contributed by atoms with Gasteiger partial charge in [-0.05, 0) is 69.8 Å². The molecule has 3 aromatic carbocycles. The van der Waals surface area contributed by atoms with Crippen molar-refractivity contribution in [2.45, 2.75) is 71.8 Å². The molecule has 3 aromatic rings. The number of phenolic OH excluding ortho intramolecular Hbond substituents is 1. The molecule has 0 spiro atoms. The number of hydrazone groups is 1. The summed E-state index contributed by atoms with van der Waals surface area (Å²) in [7, 11) is 1.56. The standard InChI is InChI=1S/C32H38Cl2N2O4/c1-31(2,3)23-15-20(16-24(30(23)38)32(4,5)6)12-14-29(37)36-35-18-21-11-13-27(39-7)28(17-21)40-19-22-25(33)9-8-10-26(22)34/h8-11,13,15-18,38H,12,14,19H2,1-7H3,(H,36,37)/b35-18-. The first kappa shape index (κ1) is 31.3. The van der Waals surface area contributed by atoms with Crippen LogP contribution in [0.4, 0.5) is 0 Å². The average Bonchev–Trinajstić information content (AvgIpc) is 2.86. The van der Waals surface area contributed by atoms with Crippen LogP contribution in [0, 0.1) is 0 Å². The van der Waals surface area contributed by atoms with Gasteiger partial charge in [0, 0.05) is 22.0 Å². The molecule has 0 atom stereocenters. The van der Waals surface area contributed by atoms with Crippen LogP contribution in [0.5, 0.6) is 17.2 Å². The van der Waals surface area contributed by atoms with Gasteiger partial charge >= 0.3 is 0 Å². The number of hydrogen-bond donors (Lipinski definition) is 2. The zero-order valence-corrected chi connectivity index (χ0v) is 25.7. The van der Waals surface area contributed by atoms with E-state index in [2.05, 4.69) is 52.1 Å². The predicted molar refractivity (Wildman–Crippen MR) is 163 cm³/mol. The number of benzene rings is 3. The van der Waals surface area contributed by atoms with Gasteiger partial charge in [-0.1, -0.05) is 82.9 Å². The zero-order chi connectivity index (χ0) is 29.7. The third-order valence-corrected chi connectivity index (χ3v) is 7.16. The number of carbonyl (C=O) groups is 1. The first-order chi connectivity index (χ1) is 18.7. The van der Waals surface area contributed by atoms with Crippen molar-refractivity contribution in [3.63, 3.8) is 0 Å². The number of carbonyl (C=O) groups excluding carboxylic acids is 1. The van der Waals surface area contributed by atoms with Crippen molar-refractivity contribution < 1.29 is 19.4 Å². The van der Waals surface area contributed by atoms with Gasteiger partial charge in [0.1, 0.15) is 12.4 Å². The van der Waals surface area contributed by atoms with E-state index in [0.29, 0.717) is 44.8 Å². The van der Waals surface area contributed by atoms with Gasteiger partial charge in [0.25, 0.3) is 0 Å². The fourth-order valence-corrected chi connectivity index (χ4v) is 4.69. The van der Waals surface area contributed by atoms with E-state index >= 15 is 0 Å². The Morgan fingerprint density at radius 1 is 0.950 bits per heavy atom. The van der Waals surface area contributed by atoms with E-state index < -0.39 is 0 Å². The fraction of sp³-hybridized carbons (Fsp3) is 0.375. The number of methoxy groups -OCH3 is 1. The molecule has 0 aliphatic carbocycles. The van der Waals surface area contributed by atoms with Crippen LogP contribution in [0.15, 0.2) is 53.6 Å². The molecule has 0 fully saturated rings. The number of amides is 1. The summed E-state index contributed by atoms with van der Waals surface area (Å²) >= 11 is 12.5. The molecule has 1 amide bonds. The molecule has 0 heterocycles. The maximum atomic E-state index is 12.6. The SMILES string of the molecule is COc1ccc(/C=N\NC(=O)CCc2cc(C(C)(C)C)c(O)c(C(C)(C)C)c2)cc1OCc1c(Cl)cccc1Cl. The molecule has 0 bridgehead atoms. The van der Waals surface area contributed by atoms with Gasteiger partial charge in [0.2, 0.25) is 5.91 Å². The van der Waals surface area contributed by atoms with Crippen LogP contribution in [0.3, 0.4) is 0 Å². The molecule has 0 saturated heterocycles. The second-order valence-electron chi connectivity index (χ2n) is 11.7. The van der Waals surface area contributed by atoms with Gasteiger partial charge in [-0.3, -0.25) is 4.79 Å². The number of nitrogens with zero attached hydrogens (tertiary/aromatic N) is 1. The van der Waals surface area contributed by atoms with Crippen LogP contribution < -0.4 is 14.9 Å². The van der Waals surface area contributed by atoms with E-state index in [1.165, 1.54) is 0 Å². The maximum absolute atomic E-state index is 12.6. The second kappa shape index (κ2) is 13.0. The van der Waals surface area contributed by atoms with E-state index in [-0.39, 0.29) is 29.8 Å². The first-order valence-electron chi connectivity index (χ1n) is 13.1. The van der Waals surface area contributed by atoms with Crippen molar-refractivity contribution >= 4 is 35.3 Å². The highest BCUT2D eigenvalue weighted by atomic mass is 35.5. The Bertz CT molecular complexity index is 1330. The molecule has 0 radical (unpaired) electrons. The molecule has 0 aliphatic heterocycles. The molecule has 0 unspecified atom stereocenters. The molecule has 2 N–H and O–H groups in total. The van der Waals surface area contributed by atoms with Crippen LogP contribution in [0.25, 0.3) is 0 Å². The Kier molecular flexibility index (Phi) is 10.1. The minimum Gasteiger partial charge on any atom is -0.507 e. The molecular weight excluding hydrogens is 547 g/mol. The lowest BCUT2D eigenvalue weighted by Crippen LogP contribution is -2.20. The summed E-state index contributed by atoms with van der Waals surface area (Å²) in [4.78, 5) is 12.6. The Morgan fingerprint density at radius 3 is 2.10 bits per heavy atom. The summed E-state index contributed by atoms with van der Waals surface area (Å²) in [6.07, 6.45) is 2.33. The average molecular weight is 586 g/mol. The molecule has 214 valence electrons. The Hall–Kier alpha value is -3.22. The molecule has 40 heavy (non-hydrogen) atoms. The largest absolute Gasteiger partial charge is 0.507 e. The quantitative estimate of drug-likeness (QED) is 0.197. The number of phenols is 1. The number of aromatic hydroxyl groups is 1. The molecular formula is C32H38Cl2N2O4. The number of rotatable bonds is 9. The first-order valence-corrected chi connectivity index (χ1v) is 13.9.